The first-order valence-corrected chi connectivity index (χ1v) is 7.09. The molecule has 0 aliphatic heterocycles. The lowest BCUT2D eigenvalue weighted by Gasteiger charge is -2.14. The first-order valence-electron chi connectivity index (χ1n) is 6.72. The third-order valence-corrected chi connectivity index (χ3v) is 3.54. The molecule has 0 radical (unpaired) electrons. The fourth-order valence-electron chi connectivity index (χ4n) is 2.23. The maximum atomic E-state index is 8.14. The quantitative estimate of drug-likeness (QED) is 0.781. The van der Waals surface area contributed by atoms with E-state index in [1.54, 1.807) is 24.1 Å². The summed E-state index contributed by atoms with van der Waals surface area (Å²) in [5.41, 5.74) is 6.53. The topological polar surface area (TPSA) is 66.6 Å². The summed E-state index contributed by atoms with van der Waals surface area (Å²) in [6.07, 6.45) is 3.45. The Hall–Kier alpha value is -2.66. The predicted molar refractivity (Wildman–Crippen MR) is 87.0 cm³/mol. The van der Waals surface area contributed by atoms with Crippen molar-refractivity contribution in [3.05, 3.63) is 65.5 Å². The van der Waals surface area contributed by atoms with E-state index in [9.17, 15) is 0 Å². The number of hydrogen-bond acceptors (Lipinski definition) is 4. The Bertz CT molecular complexity index is 841. The molecule has 1 aromatic carbocycles. The molecule has 0 fully saturated rings. The maximum Gasteiger partial charge on any atom is 0.241 e. The molecule has 0 atom stereocenters. The van der Waals surface area contributed by atoms with Gasteiger partial charge in [-0.05, 0) is 30.3 Å². The minimum Gasteiger partial charge on any atom is -0.326 e. The number of hydrogen-bond donors (Lipinski definition) is 2. The minimum absolute atomic E-state index is 0.127. The van der Waals surface area contributed by atoms with Crippen LogP contribution in [-0.2, 0) is 0 Å². The van der Waals surface area contributed by atoms with Crippen LogP contribution in [-0.4, -0.2) is 21.7 Å². The molecule has 2 aromatic heterocycles. The van der Waals surface area contributed by atoms with E-state index >= 15 is 0 Å². The molecule has 2 heterocycles. The van der Waals surface area contributed by atoms with Crippen LogP contribution in [0.2, 0.25) is 5.02 Å². The molecule has 6 heteroatoms. The number of nitrogens with zero attached hydrogens (tertiary/aromatic N) is 3. The van der Waals surface area contributed by atoms with Crippen LogP contribution in [0.3, 0.4) is 0 Å². The molecule has 0 saturated heterocycles. The molecule has 0 aliphatic rings. The van der Waals surface area contributed by atoms with Gasteiger partial charge in [0.2, 0.25) is 5.62 Å². The van der Waals surface area contributed by atoms with Gasteiger partial charge >= 0.3 is 0 Å². The summed E-state index contributed by atoms with van der Waals surface area (Å²) in [7, 11) is 1.76. The molecule has 0 bridgehead atoms. The second-order valence-electron chi connectivity index (χ2n) is 4.65. The highest BCUT2D eigenvalue weighted by atomic mass is 35.5. The van der Waals surface area contributed by atoms with E-state index in [-0.39, 0.29) is 5.62 Å². The maximum absolute atomic E-state index is 8.14. The normalized spacial score (nSPS) is 10.5. The van der Waals surface area contributed by atoms with E-state index in [0.29, 0.717) is 5.02 Å². The largest absolute Gasteiger partial charge is 0.326 e. The molecule has 0 amide bonds. The van der Waals surface area contributed by atoms with Gasteiger partial charge in [-0.2, -0.15) is 0 Å². The van der Waals surface area contributed by atoms with E-state index in [4.69, 9.17) is 17.0 Å². The van der Waals surface area contributed by atoms with Crippen molar-refractivity contribution in [3.63, 3.8) is 0 Å². The van der Waals surface area contributed by atoms with E-state index < -0.39 is 0 Å². The van der Waals surface area contributed by atoms with Crippen molar-refractivity contribution in [2.75, 3.05) is 12.5 Å². The Morgan fingerprint density at radius 2 is 1.73 bits per heavy atom. The van der Waals surface area contributed by atoms with Crippen LogP contribution in [0.4, 0.5) is 0 Å². The second kappa shape index (κ2) is 5.99. The van der Waals surface area contributed by atoms with Gasteiger partial charge in [-0.3, -0.25) is 10.4 Å². The van der Waals surface area contributed by atoms with Gasteiger partial charge in [0.1, 0.15) is 0 Å². The Kier molecular flexibility index (Phi) is 3.89. The molecule has 3 rings (SSSR count). The highest BCUT2D eigenvalue weighted by Gasteiger charge is 2.09. The first-order chi connectivity index (χ1) is 10.7. The molecular weight excluding hydrogens is 298 g/mol. The highest BCUT2D eigenvalue weighted by molar-refractivity contribution is 6.30. The first kappa shape index (κ1) is 14.3. The average molecular weight is 312 g/mol. The smallest absolute Gasteiger partial charge is 0.241 e. The zero-order valence-corrected chi connectivity index (χ0v) is 12.7. The van der Waals surface area contributed by atoms with Gasteiger partial charge in [-0.25, -0.2) is 9.66 Å². The molecule has 0 aliphatic carbocycles. The van der Waals surface area contributed by atoms with Crippen molar-refractivity contribution < 1.29 is 0 Å². The molecule has 2 N–H and O–H groups in total. The number of aromatic nitrogens is 3. The van der Waals surface area contributed by atoms with Crippen molar-refractivity contribution in [1.29, 1.82) is 5.41 Å². The molecule has 22 heavy (non-hydrogen) atoms. The summed E-state index contributed by atoms with van der Waals surface area (Å²) in [4.78, 5) is 8.37. The second-order valence-corrected chi connectivity index (χ2v) is 5.09. The van der Waals surface area contributed by atoms with Crippen LogP contribution in [0.5, 0.6) is 0 Å². The summed E-state index contributed by atoms with van der Waals surface area (Å²) >= 11 is 5.93. The number of nitrogens with one attached hydrogen (secondary N) is 2. The summed E-state index contributed by atoms with van der Waals surface area (Å²) in [5, 5.41) is 8.81. The minimum atomic E-state index is 0.127. The van der Waals surface area contributed by atoms with Crippen LogP contribution in [0.15, 0.2) is 54.9 Å². The molecule has 3 aromatic rings. The lowest BCUT2D eigenvalue weighted by molar-refractivity contribution is 0.785. The lowest BCUT2D eigenvalue weighted by Crippen LogP contribution is -2.30. The SMILES string of the molecule is CNn1c(-c2ccncc2)cc(-c2ccc(Cl)cc2)nc1=N. The van der Waals surface area contributed by atoms with E-state index in [2.05, 4.69) is 15.4 Å². The Morgan fingerprint density at radius 1 is 1.05 bits per heavy atom. The van der Waals surface area contributed by atoms with Crippen molar-refractivity contribution >= 4 is 11.6 Å². The van der Waals surface area contributed by atoms with E-state index in [1.165, 1.54) is 0 Å². The predicted octanol–water partition coefficient (Wildman–Crippen LogP) is 2.92. The van der Waals surface area contributed by atoms with Gasteiger partial charge in [-0.1, -0.05) is 23.7 Å². The molecule has 0 unspecified atom stereocenters. The van der Waals surface area contributed by atoms with Crippen LogP contribution in [0.1, 0.15) is 0 Å². The standard InChI is InChI=1S/C16H14ClN5/c1-19-22-15(12-6-8-20-9-7-12)10-14(21-16(22)18)11-2-4-13(17)5-3-11/h2-10,18-19H,1H3. The van der Waals surface area contributed by atoms with Gasteiger partial charge in [0, 0.05) is 35.6 Å². The van der Waals surface area contributed by atoms with Crippen molar-refractivity contribution in [2.45, 2.75) is 0 Å². The number of benzene rings is 1. The van der Waals surface area contributed by atoms with E-state index in [1.807, 2.05) is 42.5 Å². The van der Waals surface area contributed by atoms with Gasteiger partial charge in [0.05, 0.1) is 11.4 Å². The van der Waals surface area contributed by atoms with Crippen molar-refractivity contribution in [3.8, 4) is 22.5 Å². The van der Waals surface area contributed by atoms with Gasteiger partial charge in [-0.15, -0.1) is 0 Å². The van der Waals surface area contributed by atoms with Crippen LogP contribution in [0, 0.1) is 5.41 Å². The Labute approximate surface area is 132 Å². The van der Waals surface area contributed by atoms with Crippen molar-refractivity contribution in [1.82, 2.24) is 14.6 Å². The monoisotopic (exact) mass is 311 g/mol. The highest BCUT2D eigenvalue weighted by Crippen LogP contribution is 2.23. The summed E-state index contributed by atoms with van der Waals surface area (Å²) in [6.45, 7) is 0. The van der Waals surface area contributed by atoms with Gasteiger partial charge in [0.15, 0.2) is 0 Å². The third-order valence-electron chi connectivity index (χ3n) is 3.29. The molecule has 110 valence electrons. The molecular formula is C16H14ClN5. The third kappa shape index (κ3) is 2.71. The van der Waals surface area contributed by atoms with Crippen LogP contribution < -0.4 is 11.0 Å². The number of pyridine rings is 1. The van der Waals surface area contributed by atoms with Crippen LogP contribution >= 0.6 is 11.6 Å². The number of rotatable bonds is 3. The summed E-state index contributed by atoms with van der Waals surface area (Å²) in [5.74, 6) is 0. The number of halogens is 1. The Morgan fingerprint density at radius 3 is 2.36 bits per heavy atom. The fourth-order valence-corrected chi connectivity index (χ4v) is 2.36. The molecule has 0 spiro atoms. The average Bonchev–Trinajstić information content (AvgIpc) is 2.55. The summed E-state index contributed by atoms with van der Waals surface area (Å²) < 4.78 is 1.62. The zero-order valence-electron chi connectivity index (χ0n) is 11.9. The van der Waals surface area contributed by atoms with Gasteiger partial charge in [0.25, 0.3) is 0 Å². The Balaban J connectivity index is 2.21. The fraction of sp³-hybridized carbons (Fsp3) is 0.0625. The lowest BCUT2D eigenvalue weighted by atomic mass is 10.1. The zero-order chi connectivity index (χ0) is 15.5. The molecule has 0 saturated carbocycles. The van der Waals surface area contributed by atoms with Crippen LogP contribution in [0.25, 0.3) is 22.5 Å². The van der Waals surface area contributed by atoms with Crippen molar-refractivity contribution in [2.24, 2.45) is 0 Å². The molecule has 5 nitrogen and oxygen atoms in total. The summed E-state index contributed by atoms with van der Waals surface area (Å²) in [6, 6.07) is 13.1. The van der Waals surface area contributed by atoms with Gasteiger partial charge < -0.3 is 5.43 Å². The van der Waals surface area contributed by atoms with E-state index in [0.717, 1.165) is 22.5 Å².